The second-order valence-electron chi connectivity index (χ2n) is 4.56. The first kappa shape index (κ1) is 11.3. The van der Waals surface area contributed by atoms with Crippen LogP contribution in [0, 0.1) is 0 Å². The quantitative estimate of drug-likeness (QED) is 0.771. The van der Waals surface area contributed by atoms with E-state index in [0.717, 1.165) is 38.0 Å². The molecule has 1 atom stereocenters. The predicted octanol–water partition coefficient (Wildman–Crippen LogP) is 1.65. The van der Waals surface area contributed by atoms with Crippen LogP contribution in [0.4, 0.5) is 0 Å². The molecule has 0 saturated carbocycles. The topological polar surface area (TPSA) is 56.5 Å². The number of carbonyl (C=O) groups is 1. The van der Waals surface area contributed by atoms with Gasteiger partial charge in [0.2, 0.25) is 0 Å². The minimum absolute atomic E-state index is 0.218. The van der Waals surface area contributed by atoms with E-state index in [1.807, 2.05) is 12.1 Å². The number of rotatable bonds is 3. The summed E-state index contributed by atoms with van der Waals surface area (Å²) in [6.07, 6.45) is 5.15. The van der Waals surface area contributed by atoms with Gasteiger partial charge in [0.15, 0.2) is 17.8 Å². The number of nitrogens with zero attached hydrogens (tertiary/aromatic N) is 3. The molecular formula is C13H15N3O2. The van der Waals surface area contributed by atoms with Crippen LogP contribution in [-0.2, 0) is 11.2 Å². The Labute approximate surface area is 105 Å². The smallest absolute Gasteiger partial charge is 0.168 e. The highest BCUT2D eigenvalue weighted by Gasteiger charge is 2.17. The SMILES string of the molecule is O=Cc1cccc2nc(CC3CCCCO3)nn12. The van der Waals surface area contributed by atoms with Gasteiger partial charge < -0.3 is 4.74 Å². The summed E-state index contributed by atoms with van der Waals surface area (Å²) in [5.41, 5.74) is 1.24. The van der Waals surface area contributed by atoms with Gasteiger partial charge in [-0.25, -0.2) is 9.50 Å². The van der Waals surface area contributed by atoms with Crippen LogP contribution >= 0.6 is 0 Å². The lowest BCUT2D eigenvalue weighted by Gasteiger charge is -2.20. The number of aldehydes is 1. The van der Waals surface area contributed by atoms with Crippen molar-refractivity contribution in [3.05, 3.63) is 29.7 Å². The summed E-state index contributed by atoms with van der Waals surface area (Å²) in [6, 6.07) is 5.40. The van der Waals surface area contributed by atoms with Crippen LogP contribution in [0.2, 0.25) is 0 Å². The lowest BCUT2D eigenvalue weighted by molar-refractivity contribution is 0.0157. The number of aromatic nitrogens is 3. The molecule has 0 bridgehead atoms. The van der Waals surface area contributed by atoms with Gasteiger partial charge in [0.05, 0.1) is 6.10 Å². The molecule has 5 nitrogen and oxygen atoms in total. The van der Waals surface area contributed by atoms with E-state index in [1.54, 1.807) is 10.6 Å². The molecule has 3 heterocycles. The molecule has 0 N–H and O–H groups in total. The Kier molecular flexibility index (Phi) is 3.06. The highest BCUT2D eigenvalue weighted by Crippen LogP contribution is 2.16. The average molecular weight is 245 g/mol. The van der Waals surface area contributed by atoms with Crippen LogP contribution in [0.5, 0.6) is 0 Å². The fraction of sp³-hybridized carbons (Fsp3) is 0.462. The third-order valence-corrected chi connectivity index (χ3v) is 3.24. The third kappa shape index (κ3) is 2.13. The molecule has 1 saturated heterocycles. The summed E-state index contributed by atoms with van der Waals surface area (Å²) >= 11 is 0. The Morgan fingerprint density at radius 2 is 2.39 bits per heavy atom. The second kappa shape index (κ2) is 4.86. The van der Waals surface area contributed by atoms with E-state index in [4.69, 9.17) is 4.74 Å². The molecule has 3 rings (SSSR count). The van der Waals surface area contributed by atoms with Crippen molar-refractivity contribution in [1.29, 1.82) is 0 Å². The largest absolute Gasteiger partial charge is 0.378 e. The molecule has 0 aliphatic carbocycles. The fourth-order valence-electron chi connectivity index (χ4n) is 2.32. The molecule has 2 aromatic heterocycles. The Bertz CT molecular complexity index is 558. The molecule has 2 aromatic rings. The first-order valence-electron chi connectivity index (χ1n) is 6.28. The highest BCUT2D eigenvalue weighted by atomic mass is 16.5. The molecule has 0 spiro atoms. The molecule has 0 amide bonds. The Morgan fingerprint density at radius 3 is 3.17 bits per heavy atom. The Balaban J connectivity index is 1.86. The first-order chi connectivity index (χ1) is 8.86. The van der Waals surface area contributed by atoms with Crippen molar-refractivity contribution in [2.24, 2.45) is 0 Å². The van der Waals surface area contributed by atoms with E-state index in [1.165, 1.54) is 6.42 Å². The Hall–Kier alpha value is -1.75. The molecule has 1 fully saturated rings. The van der Waals surface area contributed by atoms with Gasteiger partial charge in [-0.05, 0) is 31.4 Å². The summed E-state index contributed by atoms with van der Waals surface area (Å²) in [6.45, 7) is 0.831. The zero-order chi connectivity index (χ0) is 12.4. The maximum atomic E-state index is 10.9. The number of pyridine rings is 1. The third-order valence-electron chi connectivity index (χ3n) is 3.24. The average Bonchev–Trinajstić information content (AvgIpc) is 2.82. The van der Waals surface area contributed by atoms with Gasteiger partial charge in [-0.1, -0.05) is 6.07 Å². The van der Waals surface area contributed by atoms with Gasteiger partial charge >= 0.3 is 0 Å². The minimum Gasteiger partial charge on any atom is -0.378 e. The molecule has 0 aromatic carbocycles. The van der Waals surface area contributed by atoms with E-state index in [-0.39, 0.29) is 6.10 Å². The van der Waals surface area contributed by atoms with Gasteiger partial charge in [-0.2, -0.15) is 5.10 Å². The van der Waals surface area contributed by atoms with Crippen molar-refractivity contribution in [3.63, 3.8) is 0 Å². The Morgan fingerprint density at radius 1 is 1.44 bits per heavy atom. The van der Waals surface area contributed by atoms with Crippen LogP contribution in [-0.4, -0.2) is 33.6 Å². The van der Waals surface area contributed by atoms with Crippen molar-refractivity contribution >= 4 is 11.9 Å². The summed E-state index contributed by atoms with van der Waals surface area (Å²) in [7, 11) is 0. The number of ether oxygens (including phenoxy) is 1. The molecule has 94 valence electrons. The highest BCUT2D eigenvalue weighted by molar-refractivity contribution is 5.73. The van der Waals surface area contributed by atoms with Crippen LogP contribution in [0.1, 0.15) is 35.6 Å². The minimum atomic E-state index is 0.218. The molecular weight excluding hydrogens is 230 g/mol. The summed E-state index contributed by atoms with van der Waals surface area (Å²) < 4.78 is 7.26. The van der Waals surface area contributed by atoms with Gasteiger partial charge in [-0.15, -0.1) is 0 Å². The molecule has 0 radical (unpaired) electrons. The van der Waals surface area contributed by atoms with E-state index in [9.17, 15) is 4.79 Å². The lowest BCUT2D eigenvalue weighted by atomic mass is 10.1. The normalized spacial score (nSPS) is 20.1. The van der Waals surface area contributed by atoms with E-state index < -0.39 is 0 Å². The van der Waals surface area contributed by atoms with Crippen molar-refractivity contribution in [3.8, 4) is 0 Å². The van der Waals surface area contributed by atoms with Crippen LogP contribution in [0.15, 0.2) is 18.2 Å². The van der Waals surface area contributed by atoms with Gasteiger partial charge in [0, 0.05) is 13.0 Å². The summed E-state index contributed by atoms with van der Waals surface area (Å²) in [5.74, 6) is 0.746. The fourth-order valence-corrected chi connectivity index (χ4v) is 2.32. The number of hydrogen-bond acceptors (Lipinski definition) is 4. The summed E-state index contributed by atoms with van der Waals surface area (Å²) in [5, 5.41) is 4.37. The van der Waals surface area contributed by atoms with Crippen molar-refractivity contribution < 1.29 is 9.53 Å². The zero-order valence-electron chi connectivity index (χ0n) is 10.1. The van der Waals surface area contributed by atoms with Crippen LogP contribution < -0.4 is 0 Å². The molecule has 1 aliphatic rings. The van der Waals surface area contributed by atoms with Crippen LogP contribution in [0.3, 0.4) is 0 Å². The molecule has 1 unspecified atom stereocenters. The van der Waals surface area contributed by atoms with Gasteiger partial charge in [0.1, 0.15) is 5.69 Å². The molecule has 1 aliphatic heterocycles. The van der Waals surface area contributed by atoms with Gasteiger partial charge in [0.25, 0.3) is 0 Å². The number of carbonyl (C=O) groups excluding carboxylic acids is 1. The van der Waals surface area contributed by atoms with Crippen molar-refractivity contribution in [2.45, 2.75) is 31.8 Å². The predicted molar refractivity (Wildman–Crippen MR) is 65.7 cm³/mol. The van der Waals surface area contributed by atoms with E-state index in [2.05, 4.69) is 10.1 Å². The second-order valence-corrected chi connectivity index (χ2v) is 4.56. The van der Waals surface area contributed by atoms with Gasteiger partial charge in [-0.3, -0.25) is 4.79 Å². The number of fused-ring (bicyclic) bond motifs is 1. The summed E-state index contributed by atoms with van der Waals surface area (Å²) in [4.78, 5) is 15.3. The monoisotopic (exact) mass is 245 g/mol. The standard InChI is InChI=1S/C13H15N3O2/c17-9-10-4-3-6-13-14-12(15-16(10)13)8-11-5-1-2-7-18-11/h3-4,6,9,11H,1-2,5,7-8H2. The number of hydrogen-bond donors (Lipinski definition) is 0. The maximum absolute atomic E-state index is 10.9. The van der Waals surface area contributed by atoms with Crippen molar-refractivity contribution in [2.75, 3.05) is 6.61 Å². The molecule has 5 heteroatoms. The maximum Gasteiger partial charge on any atom is 0.168 e. The van der Waals surface area contributed by atoms with Crippen LogP contribution in [0.25, 0.3) is 5.65 Å². The lowest BCUT2D eigenvalue weighted by Crippen LogP contribution is -2.21. The van der Waals surface area contributed by atoms with E-state index in [0.29, 0.717) is 11.3 Å². The first-order valence-corrected chi connectivity index (χ1v) is 6.28. The van der Waals surface area contributed by atoms with Crippen molar-refractivity contribution in [1.82, 2.24) is 14.6 Å². The zero-order valence-corrected chi connectivity index (χ0v) is 10.1. The van der Waals surface area contributed by atoms with E-state index >= 15 is 0 Å². The molecule has 18 heavy (non-hydrogen) atoms.